The van der Waals surface area contributed by atoms with E-state index in [4.69, 9.17) is 4.74 Å². The lowest BCUT2D eigenvalue weighted by atomic mass is 9.93. The lowest BCUT2D eigenvalue weighted by Gasteiger charge is -2.28. The van der Waals surface area contributed by atoms with Gasteiger partial charge in [-0.15, -0.1) is 0 Å². The number of nitrogens with zero attached hydrogens (tertiary/aromatic N) is 2. The maximum Gasteiger partial charge on any atom is 0.337 e. The highest BCUT2D eigenvalue weighted by Crippen LogP contribution is 2.40. The van der Waals surface area contributed by atoms with Crippen LogP contribution in [0.2, 0.25) is 0 Å². The molecule has 2 aromatic carbocycles. The standard InChI is InChI=1S/C27H32N2O5/c1-6-28(7-2)14-15-29-23(19-10-12-20(13-11-19)27(33)34-5)22(25(31)26(29)32)24(30)21-16-17(3)8-9-18(21)4/h8-13,16,23,30H,6-7,14-15H2,1-5H3/b24-22+. The number of esters is 1. The van der Waals surface area contributed by atoms with Crippen LogP contribution in [-0.2, 0) is 14.3 Å². The molecule has 0 bridgehead atoms. The van der Waals surface area contributed by atoms with Gasteiger partial charge in [-0.3, -0.25) is 9.59 Å². The van der Waals surface area contributed by atoms with E-state index in [2.05, 4.69) is 4.90 Å². The van der Waals surface area contributed by atoms with E-state index in [1.54, 1.807) is 24.3 Å². The van der Waals surface area contributed by atoms with Crippen molar-refractivity contribution < 1.29 is 24.2 Å². The monoisotopic (exact) mass is 464 g/mol. The van der Waals surface area contributed by atoms with Gasteiger partial charge in [-0.2, -0.15) is 0 Å². The number of methoxy groups -OCH3 is 1. The van der Waals surface area contributed by atoms with Gasteiger partial charge in [0.25, 0.3) is 11.7 Å². The van der Waals surface area contributed by atoms with Gasteiger partial charge in [0.2, 0.25) is 0 Å². The number of aryl methyl sites for hydroxylation is 2. The number of benzene rings is 2. The number of Topliss-reactive ketones (excluding diaryl/α,β-unsaturated/α-hetero) is 1. The first kappa shape index (κ1) is 25.2. The van der Waals surface area contributed by atoms with Crippen molar-refractivity contribution in [2.24, 2.45) is 0 Å². The zero-order chi connectivity index (χ0) is 25.0. The Hall–Kier alpha value is -3.45. The van der Waals surface area contributed by atoms with Crippen molar-refractivity contribution in [1.82, 2.24) is 9.80 Å². The summed E-state index contributed by atoms with van der Waals surface area (Å²) in [5.74, 6) is -2.01. The summed E-state index contributed by atoms with van der Waals surface area (Å²) in [5.41, 5.74) is 3.32. The molecule has 0 aromatic heterocycles. The molecule has 1 fully saturated rings. The molecular weight excluding hydrogens is 432 g/mol. The van der Waals surface area contributed by atoms with Crippen LogP contribution in [0.5, 0.6) is 0 Å². The second kappa shape index (κ2) is 10.7. The molecule has 180 valence electrons. The van der Waals surface area contributed by atoms with Gasteiger partial charge in [-0.25, -0.2) is 4.79 Å². The molecule has 1 aliphatic rings. The minimum atomic E-state index is -0.762. The van der Waals surface area contributed by atoms with Gasteiger partial charge in [-0.05, 0) is 56.3 Å². The van der Waals surface area contributed by atoms with Crippen molar-refractivity contribution in [2.45, 2.75) is 33.7 Å². The summed E-state index contributed by atoms with van der Waals surface area (Å²) in [5, 5.41) is 11.3. The Balaban J connectivity index is 2.14. The van der Waals surface area contributed by atoms with Gasteiger partial charge in [0, 0.05) is 18.7 Å². The molecule has 0 spiro atoms. The van der Waals surface area contributed by atoms with Gasteiger partial charge in [0.15, 0.2) is 0 Å². The minimum Gasteiger partial charge on any atom is -0.507 e. The fourth-order valence-corrected chi connectivity index (χ4v) is 4.30. The minimum absolute atomic E-state index is 0.0593. The van der Waals surface area contributed by atoms with Crippen molar-refractivity contribution in [3.8, 4) is 0 Å². The van der Waals surface area contributed by atoms with Crippen LogP contribution >= 0.6 is 0 Å². The molecule has 7 nitrogen and oxygen atoms in total. The third-order valence-corrected chi connectivity index (χ3v) is 6.39. The van der Waals surface area contributed by atoms with Crippen LogP contribution in [0, 0.1) is 13.8 Å². The van der Waals surface area contributed by atoms with Crippen LogP contribution < -0.4 is 0 Å². The van der Waals surface area contributed by atoms with Crippen molar-refractivity contribution in [3.05, 3.63) is 75.9 Å². The topological polar surface area (TPSA) is 87.2 Å². The molecular formula is C27H32N2O5. The van der Waals surface area contributed by atoms with E-state index < -0.39 is 23.7 Å². The molecule has 3 rings (SSSR count). The van der Waals surface area contributed by atoms with Crippen molar-refractivity contribution in [1.29, 1.82) is 0 Å². The predicted molar refractivity (Wildman–Crippen MR) is 130 cm³/mol. The van der Waals surface area contributed by atoms with Crippen molar-refractivity contribution in [2.75, 3.05) is 33.3 Å². The molecule has 7 heteroatoms. The lowest BCUT2D eigenvalue weighted by molar-refractivity contribution is -0.140. The highest BCUT2D eigenvalue weighted by atomic mass is 16.5. The van der Waals surface area contributed by atoms with Crippen LogP contribution in [0.1, 0.15) is 52.5 Å². The van der Waals surface area contributed by atoms with E-state index in [1.807, 2.05) is 45.9 Å². The first-order valence-corrected chi connectivity index (χ1v) is 11.5. The van der Waals surface area contributed by atoms with Crippen molar-refractivity contribution >= 4 is 23.4 Å². The van der Waals surface area contributed by atoms with Gasteiger partial charge in [0.1, 0.15) is 5.76 Å². The smallest absolute Gasteiger partial charge is 0.337 e. The summed E-state index contributed by atoms with van der Waals surface area (Å²) in [6.45, 7) is 10.4. The first-order valence-electron chi connectivity index (χ1n) is 11.5. The molecule has 1 N–H and O–H groups in total. The number of ether oxygens (including phenoxy) is 1. The summed E-state index contributed by atoms with van der Waals surface area (Å²) >= 11 is 0. The molecule has 1 saturated heterocycles. The van der Waals surface area contributed by atoms with E-state index in [-0.39, 0.29) is 11.3 Å². The first-order chi connectivity index (χ1) is 16.2. The van der Waals surface area contributed by atoms with Crippen LogP contribution in [0.4, 0.5) is 0 Å². The summed E-state index contributed by atoms with van der Waals surface area (Å²) in [4.78, 5) is 41.9. The number of likely N-dealkylation sites (N-methyl/N-ethyl adjacent to an activating group) is 1. The van der Waals surface area contributed by atoms with E-state index in [9.17, 15) is 19.5 Å². The molecule has 0 radical (unpaired) electrons. The molecule has 0 saturated carbocycles. The summed E-state index contributed by atoms with van der Waals surface area (Å²) in [7, 11) is 1.31. The maximum atomic E-state index is 13.2. The van der Waals surface area contributed by atoms with E-state index in [0.29, 0.717) is 29.8 Å². The Kier molecular flexibility index (Phi) is 7.89. The molecule has 0 aliphatic carbocycles. The maximum absolute atomic E-state index is 13.2. The normalized spacial score (nSPS) is 17.5. The number of likely N-dealkylation sites (tertiary alicyclic amines) is 1. The summed E-state index contributed by atoms with van der Waals surface area (Å²) in [6.07, 6.45) is 0. The van der Waals surface area contributed by atoms with Gasteiger partial charge >= 0.3 is 5.97 Å². The highest BCUT2D eigenvalue weighted by molar-refractivity contribution is 6.46. The molecule has 34 heavy (non-hydrogen) atoms. The van der Waals surface area contributed by atoms with Gasteiger partial charge in [-0.1, -0.05) is 43.7 Å². The molecule has 1 atom stereocenters. The van der Waals surface area contributed by atoms with E-state index >= 15 is 0 Å². The Morgan fingerprint density at radius 1 is 1.06 bits per heavy atom. The zero-order valence-corrected chi connectivity index (χ0v) is 20.4. The Morgan fingerprint density at radius 2 is 1.71 bits per heavy atom. The number of carbonyl (C=O) groups excluding carboxylic acids is 3. The summed E-state index contributed by atoms with van der Waals surface area (Å²) in [6, 6.07) is 11.5. The number of aliphatic hydroxyl groups excluding tert-OH is 1. The molecule has 1 amide bonds. The van der Waals surface area contributed by atoms with E-state index in [0.717, 1.165) is 24.2 Å². The van der Waals surface area contributed by atoms with Gasteiger partial charge in [0.05, 0.1) is 24.3 Å². The average Bonchev–Trinajstić information content (AvgIpc) is 3.10. The average molecular weight is 465 g/mol. The molecule has 1 heterocycles. The molecule has 2 aromatic rings. The quantitative estimate of drug-likeness (QED) is 0.276. The Bertz CT molecular complexity index is 1120. The number of amides is 1. The summed E-state index contributed by atoms with van der Waals surface area (Å²) < 4.78 is 4.78. The third-order valence-electron chi connectivity index (χ3n) is 6.39. The molecule has 1 unspecified atom stereocenters. The Labute approximate surface area is 200 Å². The van der Waals surface area contributed by atoms with Gasteiger partial charge < -0.3 is 19.6 Å². The number of aliphatic hydroxyl groups is 1. The molecule has 1 aliphatic heterocycles. The van der Waals surface area contributed by atoms with Crippen LogP contribution in [0.15, 0.2) is 48.0 Å². The fraction of sp³-hybridized carbons (Fsp3) is 0.370. The second-order valence-electron chi connectivity index (χ2n) is 8.45. The number of carbonyl (C=O) groups is 3. The number of ketones is 1. The lowest BCUT2D eigenvalue weighted by Crippen LogP contribution is -2.38. The zero-order valence-electron chi connectivity index (χ0n) is 20.4. The highest BCUT2D eigenvalue weighted by Gasteiger charge is 2.46. The fourth-order valence-electron chi connectivity index (χ4n) is 4.30. The van der Waals surface area contributed by atoms with Crippen molar-refractivity contribution in [3.63, 3.8) is 0 Å². The number of rotatable bonds is 8. The number of hydrogen-bond acceptors (Lipinski definition) is 6. The van der Waals surface area contributed by atoms with Crippen LogP contribution in [0.25, 0.3) is 5.76 Å². The number of hydrogen-bond donors (Lipinski definition) is 1. The largest absolute Gasteiger partial charge is 0.507 e. The van der Waals surface area contributed by atoms with Crippen LogP contribution in [0.3, 0.4) is 0 Å². The second-order valence-corrected chi connectivity index (χ2v) is 8.45. The predicted octanol–water partition coefficient (Wildman–Crippen LogP) is 3.85. The van der Waals surface area contributed by atoms with Crippen LogP contribution in [-0.4, -0.2) is 65.9 Å². The SMILES string of the molecule is CCN(CC)CCN1C(=O)C(=O)/C(=C(/O)c2cc(C)ccc2C)C1c1ccc(C(=O)OC)cc1. The van der Waals surface area contributed by atoms with E-state index in [1.165, 1.54) is 12.0 Å². The third kappa shape index (κ3) is 4.89. The Morgan fingerprint density at radius 3 is 2.29 bits per heavy atom.